The van der Waals surface area contributed by atoms with Crippen LogP contribution in [0.4, 0.5) is 22.1 Å². The highest BCUT2D eigenvalue weighted by Gasteiger charge is 2.50. The van der Waals surface area contributed by atoms with Gasteiger partial charge in [-0.15, -0.1) is 0 Å². The zero-order valence-corrected chi connectivity index (χ0v) is 20.5. The number of nitrogens with two attached hydrogens (primary N) is 1. The van der Waals surface area contributed by atoms with Gasteiger partial charge in [0.05, 0.1) is 24.4 Å². The summed E-state index contributed by atoms with van der Waals surface area (Å²) < 4.78 is 20.8. The van der Waals surface area contributed by atoms with Crippen LogP contribution in [0.3, 0.4) is 0 Å². The van der Waals surface area contributed by atoms with E-state index in [0.717, 1.165) is 42.0 Å². The number of carbonyl (C=O) groups excluding carboxylic acids is 1. The zero-order chi connectivity index (χ0) is 24.9. The van der Waals surface area contributed by atoms with Gasteiger partial charge in [-0.3, -0.25) is 4.79 Å². The van der Waals surface area contributed by atoms with Gasteiger partial charge in [0, 0.05) is 69.2 Å². The fraction of sp³-hybridized carbons (Fsp3) is 0.625. The number of anilines is 3. The molecule has 3 fully saturated rings. The first kappa shape index (κ1) is 23.3. The highest BCUT2D eigenvalue weighted by Crippen LogP contribution is 2.42. The highest BCUT2D eigenvalue weighted by molar-refractivity contribution is 5.86. The summed E-state index contributed by atoms with van der Waals surface area (Å²) in [7, 11) is 0. The molecule has 0 aliphatic carbocycles. The molecule has 3 saturated heterocycles. The van der Waals surface area contributed by atoms with Crippen molar-refractivity contribution >= 4 is 23.6 Å². The number of amides is 1. The highest BCUT2D eigenvalue weighted by atomic mass is 19.1. The van der Waals surface area contributed by atoms with Gasteiger partial charge in [0.15, 0.2) is 0 Å². The SMILES string of the molecule is C[C@]1(N2CCc3c(-c4cnc(N)nc4)nc(N4CCOCC4)nc32)CCN(C(=O)[C@]2(F)CCNC2)C1. The minimum Gasteiger partial charge on any atom is -0.378 e. The standard InChI is InChI=1S/C24H32FN9O2/c1-23(4-7-33(15-23)20(35)24(25)3-5-27-14-24)34-6-2-17-18(16-12-28-21(26)29-13-16)30-22(31-19(17)34)32-8-10-36-11-9-32/h12-13,27H,2-11,14-15H2,1H3,(H2,26,28,29)/t23-,24-/m0/s1. The normalized spacial score (nSPS) is 28.1. The molecule has 36 heavy (non-hydrogen) atoms. The van der Waals surface area contributed by atoms with Crippen molar-refractivity contribution in [2.45, 2.75) is 37.4 Å². The van der Waals surface area contributed by atoms with Gasteiger partial charge in [-0.05, 0) is 26.3 Å². The van der Waals surface area contributed by atoms with Gasteiger partial charge in [0.25, 0.3) is 5.91 Å². The minimum absolute atomic E-state index is 0.0920. The Balaban J connectivity index is 1.34. The van der Waals surface area contributed by atoms with Crippen LogP contribution in [0.2, 0.25) is 0 Å². The number of hydrogen-bond acceptors (Lipinski definition) is 10. The second-order valence-corrected chi connectivity index (χ2v) is 10.4. The van der Waals surface area contributed by atoms with E-state index < -0.39 is 11.6 Å². The first-order valence-corrected chi connectivity index (χ1v) is 12.6. The summed E-state index contributed by atoms with van der Waals surface area (Å²) in [4.78, 5) is 37.5. The Morgan fingerprint density at radius 2 is 1.92 bits per heavy atom. The van der Waals surface area contributed by atoms with Crippen molar-refractivity contribution < 1.29 is 13.9 Å². The Hall–Kier alpha value is -3.12. The van der Waals surface area contributed by atoms with Gasteiger partial charge in [-0.1, -0.05) is 0 Å². The summed E-state index contributed by atoms with van der Waals surface area (Å²) in [6.45, 7) is 7.20. The molecule has 0 unspecified atom stereocenters. The maximum absolute atomic E-state index is 15.2. The van der Waals surface area contributed by atoms with E-state index in [-0.39, 0.29) is 24.5 Å². The fourth-order valence-electron chi connectivity index (χ4n) is 5.84. The topological polar surface area (TPSA) is 126 Å². The van der Waals surface area contributed by atoms with Crippen LogP contribution in [-0.2, 0) is 16.0 Å². The van der Waals surface area contributed by atoms with Crippen LogP contribution >= 0.6 is 0 Å². The molecule has 12 heteroatoms. The number of likely N-dealkylation sites (tertiary alicyclic amines) is 1. The average Bonchev–Trinajstić information content (AvgIpc) is 3.63. The molecule has 2 atom stereocenters. The molecule has 2 aromatic heterocycles. The molecule has 4 aliphatic rings. The van der Waals surface area contributed by atoms with Gasteiger partial charge in [-0.2, -0.15) is 4.98 Å². The van der Waals surface area contributed by atoms with Crippen LogP contribution < -0.4 is 20.9 Å². The molecule has 11 nitrogen and oxygen atoms in total. The maximum atomic E-state index is 15.2. The molecule has 6 rings (SSSR count). The number of hydrogen-bond donors (Lipinski definition) is 2. The first-order valence-electron chi connectivity index (χ1n) is 12.6. The van der Waals surface area contributed by atoms with Crippen molar-refractivity contribution in [2.24, 2.45) is 0 Å². The molecular formula is C24H32FN9O2. The second-order valence-electron chi connectivity index (χ2n) is 10.4. The Labute approximate surface area is 209 Å². The number of carbonyl (C=O) groups is 1. The molecule has 2 aromatic rings. The Morgan fingerprint density at radius 1 is 1.14 bits per heavy atom. The summed E-state index contributed by atoms with van der Waals surface area (Å²) in [5, 5.41) is 2.99. The lowest BCUT2D eigenvalue weighted by atomic mass is 9.99. The number of nitrogens with zero attached hydrogens (tertiary/aromatic N) is 7. The van der Waals surface area contributed by atoms with Crippen molar-refractivity contribution in [3.8, 4) is 11.3 Å². The smallest absolute Gasteiger partial charge is 0.261 e. The number of ether oxygens (including phenoxy) is 1. The molecule has 0 aromatic carbocycles. The van der Waals surface area contributed by atoms with Gasteiger partial charge < -0.3 is 30.5 Å². The van der Waals surface area contributed by atoms with Crippen LogP contribution in [0, 0.1) is 0 Å². The van der Waals surface area contributed by atoms with E-state index in [1.54, 1.807) is 17.3 Å². The number of nitrogen functional groups attached to an aromatic ring is 1. The first-order chi connectivity index (χ1) is 17.4. The summed E-state index contributed by atoms with van der Waals surface area (Å²) >= 11 is 0. The van der Waals surface area contributed by atoms with E-state index in [1.807, 2.05) is 0 Å². The Bertz CT molecular complexity index is 1150. The lowest BCUT2D eigenvalue weighted by molar-refractivity contribution is -0.141. The number of alkyl halides is 1. The van der Waals surface area contributed by atoms with E-state index in [2.05, 4.69) is 32.0 Å². The molecule has 0 radical (unpaired) electrons. The second kappa shape index (κ2) is 8.77. The summed E-state index contributed by atoms with van der Waals surface area (Å²) in [5.41, 5.74) is 6.21. The third kappa shape index (κ3) is 3.92. The number of aromatic nitrogens is 4. The summed E-state index contributed by atoms with van der Waals surface area (Å²) in [6.07, 6.45) is 5.14. The fourth-order valence-corrected chi connectivity index (χ4v) is 5.84. The van der Waals surface area contributed by atoms with Crippen LogP contribution in [0.5, 0.6) is 0 Å². The lowest BCUT2D eigenvalue weighted by Crippen LogP contribution is -2.52. The largest absolute Gasteiger partial charge is 0.378 e. The third-order valence-corrected chi connectivity index (χ3v) is 7.93. The Morgan fingerprint density at radius 3 is 2.64 bits per heavy atom. The van der Waals surface area contributed by atoms with E-state index >= 15 is 4.39 Å². The van der Waals surface area contributed by atoms with E-state index in [4.69, 9.17) is 20.4 Å². The number of rotatable bonds is 4. The quantitative estimate of drug-likeness (QED) is 0.613. The zero-order valence-electron chi connectivity index (χ0n) is 20.5. The molecule has 1 amide bonds. The van der Waals surface area contributed by atoms with Crippen LogP contribution in [0.15, 0.2) is 12.4 Å². The van der Waals surface area contributed by atoms with E-state index in [0.29, 0.717) is 51.9 Å². The molecule has 0 bridgehead atoms. The number of nitrogens with one attached hydrogen (secondary N) is 1. The molecule has 0 spiro atoms. The van der Waals surface area contributed by atoms with Gasteiger partial charge in [-0.25, -0.2) is 19.3 Å². The molecule has 0 saturated carbocycles. The van der Waals surface area contributed by atoms with Gasteiger partial charge >= 0.3 is 0 Å². The third-order valence-electron chi connectivity index (χ3n) is 7.93. The van der Waals surface area contributed by atoms with E-state index in [9.17, 15) is 4.79 Å². The minimum atomic E-state index is -1.80. The number of morpholine rings is 1. The Kier molecular flexibility index (Phi) is 5.67. The monoisotopic (exact) mass is 497 g/mol. The predicted octanol–water partition coefficient (Wildman–Crippen LogP) is 0.408. The maximum Gasteiger partial charge on any atom is 0.261 e. The van der Waals surface area contributed by atoms with Gasteiger partial charge in [0.2, 0.25) is 17.6 Å². The van der Waals surface area contributed by atoms with Crippen molar-refractivity contribution in [2.75, 3.05) is 74.6 Å². The number of fused-ring (bicyclic) bond motifs is 1. The van der Waals surface area contributed by atoms with Crippen LogP contribution in [0.25, 0.3) is 11.3 Å². The van der Waals surface area contributed by atoms with Crippen LogP contribution in [0.1, 0.15) is 25.3 Å². The van der Waals surface area contributed by atoms with Crippen molar-refractivity contribution in [3.05, 3.63) is 18.0 Å². The van der Waals surface area contributed by atoms with E-state index in [1.165, 1.54) is 0 Å². The molecule has 192 valence electrons. The molecular weight excluding hydrogens is 465 g/mol. The van der Waals surface area contributed by atoms with Gasteiger partial charge in [0.1, 0.15) is 5.82 Å². The van der Waals surface area contributed by atoms with Crippen molar-refractivity contribution in [1.82, 2.24) is 30.2 Å². The van der Waals surface area contributed by atoms with Crippen molar-refractivity contribution in [1.29, 1.82) is 0 Å². The molecule has 4 aliphatic heterocycles. The number of halogens is 1. The summed E-state index contributed by atoms with van der Waals surface area (Å²) in [6, 6.07) is 0. The van der Waals surface area contributed by atoms with Crippen molar-refractivity contribution in [3.63, 3.8) is 0 Å². The summed E-state index contributed by atoms with van der Waals surface area (Å²) in [5.74, 6) is 1.33. The molecule has 6 heterocycles. The predicted molar refractivity (Wildman–Crippen MR) is 132 cm³/mol. The average molecular weight is 498 g/mol. The molecule has 3 N–H and O–H groups in total. The lowest BCUT2D eigenvalue weighted by Gasteiger charge is -2.38. The van der Waals surface area contributed by atoms with Crippen LogP contribution in [-0.4, -0.2) is 101 Å².